The van der Waals surface area contributed by atoms with Crippen molar-refractivity contribution in [2.24, 2.45) is 5.92 Å². The SMILES string of the molecule is Cc1ccc(CNC(CCO)C2CCCCC2)o1. The van der Waals surface area contributed by atoms with Crippen LogP contribution in [-0.4, -0.2) is 17.8 Å². The molecule has 1 atom stereocenters. The zero-order valence-corrected chi connectivity index (χ0v) is 11.3. The topological polar surface area (TPSA) is 45.4 Å². The Balaban J connectivity index is 1.85. The van der Waals surface area contributed by atoms with Crippen LogP contribution in [0.3, 0.4) is 0 Å². The van der Waals surface area contributed by atoms with E-state index in [1.807, 2.05) is 19.1 Å². The fourth-order valence-corrected chi connectivity index (χ4v) is 2.99. The fraction of sp³-hybridized carbons (Fsp3) is 0.733. The summed E-state index contributed by atoms with van der Waals surface area (Å²) < 4.78 is 5.57. The van der Waals surface area contributed by atoms with Crippen LogP contribution < -0.4 is 5.32 Å². The third-order valence-electron chi connectivity index (χ3n) is 3.99. The molecule has 1 saturated carbocycles. The van der Waals surface area contributed by atoms with Crippen LogP contribution >= 0.6 is 0 Å². The van der Waals surface area contributed by atoms with Crippen molar-refractivity contribution in [3.8, 4) is 0 Å². The molecule has 0 aromatic carbocycles. The molecule has 2 N–H and O–H groups in total. The zero-order valence-electron chi connectivity index (χ0n) is 11.3. The number of nitrogens with one attached hydrogen (secondary N) is 1. The summed E-state index contributed by atoms with van der Waals surface area (Å²) in [5, 5.41) is 12.8. The summed E-state index contributed by atoms with van der Waals surface area (Å²) in [5.41, 5.74) is 0. The van der Waals surface area contributed by atoms with E-state index < -0.39 is 0 Å². The maximum atomic E-state index is 9.21. The monoisotopic (exact) mass is 251 g/mol. The van der Waals surface area contributed by atoms with Crippen molar-refractivity contribution < 1.29 is 9.52 Å². The van der Waals surface area contributed by atoms with Crippen molar-refractivity contribution in [2.45, 2.75) is 58.0 Å². The second-order valence-electron chi connectivity index (χ2n) is 5.41. The number of rotatable bonds is 6. The second kappa shape index (κ2) is 6.95. The van der Waals surface area contributed by atoms with E-state index in [4.69, 9.17) is 4.42 Å². The van der Waals surface area contributed by atoms with Crippen LogP contribution in [0.25, 0.3) is 0 Å². The predicted octanol–water partition coefficient (Wildman–Crippen LogP) is 3.01. The van der Waals surface area contributed by atoms with Gasteiger partial charge >= 0.3 is 0 Å². The molecule has 0 saturated heterocycles. The highest BCUT2D eigenvalue weighted by Gasteiger charge is 2.22. The van der Waals surface area contributed by atoms with Gasteiger partial charge in [0.05, 0.1) is 6.54 Å². The molecule has 1 aromatic heterocycles. The third kappa shape index (κ3) is 3.85. The molecule has 0 spiro atoms. The van der Waals surface area contributed by atoms with Gasteiger partial charge in [0, 0.05) is 12.6 Å². The Morgan fingerprint density at radius 3 is 2.72 bits per heavy atom. The largest absolute Gasteiger partial charge is 0.465 e. The summed E-state index contributed by atoms with van der Waals surface area (Å²) in [5.74, 6) is 2.68. The van der Waals surface area contributed by atoms with E-state index in [1.165, 1.54) is 32.1 Å². The van der Waals surface area contributed by atoms with Gasteiger partial charge < -0.3 is 14.8 Å². The van der Waals surface area contributed by atoms with Gasteiger partial charge in [-0.1, -0.05) is 19.3 Å². The first kappa shape index (κ1) is 13.6. The predicted molar refractivity (Wildman–Crippen MR) is 72.4 cm³/mol. The Kier molecular flexibility index (Phi) is 5.26. The first-order valence-corrected chi connectivity index (χ1v) is 7.19. The van der Waals surface area contributed by atoms with Gasteiger partial charge in [0.2, 0.25) is 0 Å². The lowest BCUT2D eigenvalue weighted by molar-refractivity contribution is 0.203. The number of hydrogen-bond acceptors (Lipinski definition) is 3. The minimum atomic E-state index is 0.269. The fourth-order valence-electron chi connectivity index (χ4n) is 2.99. The molecule has 1 aromatic rings. The van der Waals surface area contributed by atoms with Gasteiger partial charge in [-0.3, -0.25) is 0 Å². The van der Waals surface area contributed by atoms with Crippen LogP contribution in [0, 0.1) is 12.8 Å². The number of furan rings is 1. The zero-order chi connectivity index (χ0) is 12.8. The molecule has 0 amide bonds. The highest BCUT2D eigenvalue weighted by Crippen LogP contribution is 2.27. The standard InChI is InChI=1S/C15H25NO2/c1-12-7-8-14(18-12)11-16-15(9-10-17)13-5-3-2-4-6-13/h7-8,13,15-17H,2-6,9-11H2,1H3. The van der Waals surface area contributed by atoms with Crippen LogP contribution in [0.15, 0.2) is 16.5 Å². The average Bonchev–Trinajstić information content (AvgIpc) is 2.81. The van der Waals surface area contributed by atoms with E-state index in [0.717, 1.165) is 30.4 Å². The van der Waals surface area contributed by atoms with Crippen molar-refractivity contribution in [2.75, 3.05) is 6.61 Å². The number of aryl methyl sites for hydroxylation is 1. The average molecular weight is 251 g/mol. The molecule has 3 nitrogen and oxygen atoms in total. The number of aliphatic hydroxyl groups is 1. The van der Waals surface area contributed by atoms with Gasteiger partial charge in [0.25, 0.3) is 0 Å². The molecule has 1 unspecified atom stereocenters. The highest BCUT2D eigenvalue weighted by molar-refractivity contribution is 5.05. The highest BCUT2D eigenvalue weighted by atomic mass is 16.3. The van der Waals surface area contributed by atoms with Gasteiger partial charge in [-0.05, 0) is 44.2 Å². The second-order valence-corrected chi connectivity index (χ2v) is 5.41. The van der Waals surface area contributed by atoms with Crippen molar-refractivity contribution >= 4 is 0 Å². The van der Waals surface area contributed by atoms with Crippen molar-refractivity contribution in [1.82, 2.24) is 5.32 Å². The minimum Gasteiger partial charge on any atom is -0.465 e. The third-order valence-corrected chi connectivity index (χ3v) is 3.99. The lowest BCUT2D eigenvalue weighted by Gasteiger charge is -2.30. The van der Waals surface area contributed by atoms with Crippen LogP contribution in [0.2, 0.25) is 0 Å². The van der Waals surface area contributed by atoms with Crippen LogP contribution in [0.1, 0.15) is 50.0 Å². The molecule has 0 radical (unpaired) electrons. The lowest BCUT2D eigenvalue weighted by Crippen LogP contribution is -2.37. The summed E-state index contributed by atoms with van der Waals surface area (Å²) in [6, 6.07) is 4.46. The number of aliphatic hydroxyl groups excluding tert-OH is 1. The molecular weight excluding hydrogens is 226 g/mol. The Morgan fingerprint density at radius 1 is 1.33 bits per heavy atom. The Labute approximate surface area is 110 Å². The molecule has 102 valence electrons. The maximum absolute atomic E-state index is 9.21. The van der Waals surface area contributed by atoms with Gasteiger partial charge in [-0.2, -0.15) is 0 Å². The van der Waals surface area contributed by atoms with Crippen LogP contribution in [0.4, 0.5) is 0 Å². The van der Waals surface area contributed by atoms with Gasteiger partial charge in [-0.25, -0.2) is 0 Å². The molecule has 1 aliphatic carbocycles. The van der Waals surface area contributed by atoms with Gasteiger partial charge in [-0.15, -0.1) is 0 Å². The van der Waals surface area contributed by atoms with E-state index in [0.29, 0.717) is 6.04 Å². The van der Waals surface area contributed by atoms with Crippen LogP contribution in [-0.2, 0) is 6.54 Å². The Hall–Kier alpha value is -0.800. The lowest BCUT2D eigenvalue weighted by atomic mass is 9.83. The molecule has 2 rings (SSSR count). The Morgan fingerprint density at radius 2 is 2.11 bits per heavy atom. The summed E-state index contributed by atoms with van der Waals surface area (Å²) in [6.07, 6.45) is 7.51. The molecule has 18 heavy (non-hydrogen) atoms. The normalized spacial score (nSPS) is 19.0. The summed E-state index contributed by atoms with van der Waals surface area (Å²) in [6.45, 7) is 3.01. The first-order valence-electron chi connectivity index (χ1n) is 7.19. The summed E-state index contributed by atoms with van der Waals surface area (Å²) in [4.78, 5) is 0. The molecule has 1 fully saturated rings. The van der Waals surface area contributed by atoms with Crippen LogP contribution in [0.5, 0.6) is 0 Å². The number of hydrogen-bond donors (Lipinski definition) is 2. The summed E-state index contributed by atoms with van der Waals surface area (Å²) >= 11 is 0. The van der Waals surface area contributed by atoms with Crippen molar-refractivity contribution in [3.63, 3.8) is 0 Å². The molecule has 1 heterocycles. The molecule has 3 heteroatoms. The minimum absolute atomic E-state index is 0.269. The van der Waals surface area contributed by atoms with E-state index in [2.05, 4.69) is 5.32 Å². The summed E-state index contributed by atoms with van der Waals surface area (Å²) in [7, 11) is 0. The van der Waals surface area contributed by atoms with Gasteiger partial charge in [0.15, 0.2) is 0 Å². The van der Waals surface area contributed by atoms with E-state index in [-0.39, 0.29) is 6.61 Å². The first-order chi connectivity index (χ1) is 8.79. The molecular formula is C15H25NO2. The molecule has 0 bridgehead atoms. The van der Waals surface area contributed by atoms with E-state index >= 15 is 0 Å². The quantitative estimate of drug-likeness (QED) is 0.817. The molecule has 0 aliphatic heterocycles. The smallest absolute Gasteiger partial charge is 0.117 e. The van der Waals surface area contributed by atoms with Gasteiger partial charge in [0.1, 0.15) is 11.5 Å². The Bertz CT molecular complexity index is 342. The van der Waals surface area contributed by atoms with Crippen molar-refractivity contribution in [3.05, 3.63) is 23.7 Å². The van der Waals surface area contributed by atoms with E-state index in [1.54, 1.807) is 0 Å². The van der Waals surface area contributed by atoms with Crippen molar-refractivity contribution in [1.29, 1.82) is 0 Å². The van der Waals surface area contributed by atoms with E-state index in [9.17, 15) is 5.11 Å². The maximum Gasteiger partial charge on any atom is 0.117 e. The molecule has 1 aliphatic rings.